The summed E-state index contributed by atoms with van der Waals surface area (Å²) in [6, 6.07) is 8.07. The fourth-order valence-electron chi connectivity index (χ4n) is 1.63. The van der Waals surface area contributed by atoms with Crippen molar-refractivity contribution in [3.8, 4) is 5.75 Å². The van der Waals surface area contributed by atoms with E-state index in [9.17, 15) is 0 Å². The molecule has 17 heavy (non-hydrogen) atoms. The van der Waals surface area contributed by atoms with Crippen molar-refractivity contribution in [2.75, 3.05) is 7.11 Å². The van der Waals surface area contributed by atoms with Crippen LogP contribution in [0.3, 0.4) is 0 Å². The molecular weight excluding hydrogens is 232 g/mol. The van der Waals surface area contributed by atoms with Crippen molar-refractivity contribution >= 4 is 11.3 Å². The number of nitrogens with two attached hydrogens (primary N) is 1. The van der Waals surface area contributed by atoms with Gasteiger partial charge in [-0.15, -0.1) is 11.3 Å². The van der Waals surface area contributed by atoms with Gasteiger partial charge in [0.05, 0.1) is 12.1 Å². The molecule has 2 aromatic rings. The van der Waals surface area contributed by atoms with E-state index in [0.717, 1.165) is 27.6 Å². The van der Waals surface area contributed by atoms with E-state index >= 15 is 0 Å². The lowest BCUT2D eigenvalue weighted by Gasteiger charge is -2.05. The summed E-state index contributed by atoms with van der Waals surface area (Å²) in [7, 11) is 1.69. The Kier molecular flexibility index (Phi) is 3.76. The van der Waals surface area contributed by atoms with Gasteiger partial charge in [0.15, 0.2) is 0 Å². The molecule has 90 valence electrons. The highest BCUT2D eigenvalue weighted by molar-refractivity contribution is 7.11. The van der Waals surface area contributed by atoms with Gasteiger partial charge in [0.25, 0.3) is 0 Å². The molecule has 0 spiro atoms. The zero-order valence-corrected chi connectivity index (χ0v) is 10.8. The fourth-order valence-corrected chi connectivity index (χ4v) is 2.52. The summed E-state index contributed by atoms with van der Waals surface area (Å²) in [5, 5.41) is 1.07. The maximum absolute atomic E-state index is 5.82. The van der Waals surface area contributed by atoms with Gasteiger partial charge < -0.3 is 10.5 Å². The van der Waals surface area contributed by atoms with Crippen LogP contribution in [0.1, 0.15) is 28.4 Å². The lowest BCUT2D eigenvalue weighted by Crippen LogP contribution is -2.01. The number of hydrogen-bond donors (Lipinski definition) is 1. The van der Waals surface area contributed by atoms with E-state index in [1.165, 1.54) is 0 Å². The summed E-state index contributed by atoms with van der Waals surface area (Å²) in [6.45, 7) is 1.97. The quantitative estimate of drug-likeness (QED) is 0.905. The van der Waals surface area contributed by atoms with Crippen LogP contribution in [-0.4, -0.2) is 12.1 Å². The number of rotatable bonds is 4. The minimum atomic E-state index is 0.0546. The molecule has 2 rings (SSSR count). The molecule has 1 aromatic heterocycles. The van der Waals surface area contributed by atoms with Crippen LogP contribution in [0, 0.1) is 0 Å². The van der Waals surface area contributed by atoms with E-state index in [1.807, 2.05) is 31.3 Å². The molecule has 1 atom stereocenters. The molecule has 0 aliphatic heterocycles. The minimum absolute atomic E-state index is 0.0546. The highest BCUT2D eigenvalue weighted by Gasteiger charge is 2.08. The standard InChI is InChI=1S/C13H16N2OS/c1-9(14)12-8-15-13(17-12)7-10-5-3-4-6-11(10)16-2/h3-6,8-9H,7,14H2,1-2H3. The average Bonchev–Trinajstić information content (AvgIpc) is 2.78. The zero-order chi connectivity index (χ0) is 12.3. The van der Waals surface area contributed by atoms with E-state index < -0.39 is 0 Å². The van der Waals surface area contributed by atoms with E-state index in [-0.39, 0.29) is 6.04 Å². The summed E-state index contributed by atoms with van der Waals surface area (Å²) < 4.78 is 5.32. The van der Waals surface area contributed by atoms with Gasteiger partial charge in [-0.25, -0.2) is 4.98 Å². The van der Waals surface area contributed by atoms with Crippen molar-refractivity contribution in [3.05, 3.63) is 45.9 Å². The topological polar surface area (TPSA) is 48.1 Å². The number of para-hydroxylation sites is 1. The Hall–Kier alpha value is -1.39. The zero-order valence-electron chi connectivity index (χ0n) is 10.0. The Morgan fingerprint density at radius 3 is 2.82 bits per heavy atom. The van der Waals surface area contributed by atoms with Crippen LogP contribution in [-0.2, 0) is 6.42 Å². The third-order valence-electron chi connectivity index (χ3n) is 2.55. The Labute approximate surface area is 105 Å². The van der Waals surface area contributed by atoms with Crippen molar-refractivity contribution < 1.29 is 4.74 Å². The normalized spacial score (nSPS) is 12.4. The van der Waals surface area contributed by atoms with Crippen LogP contribution in [0.5, 0.6) is 5.75 Å². The first-order chi connectivity index (χ1) is 8.20. The molecule has 1 unspecified atom stereocenters. The lowest BCUT2D eigenvalue weighted by molar-refractivity contribution is 0.410. The number of benzene rings is 1. The molecule has 3 nitrogen and oxygen atoms in total. The molecule has 0 radical (unpaired) electrons. The first kappa shape index (κ1) is 12.1. The summed E-state index contributed by atoms with van der Waals surface area (Å²) in [4.78, 5) is 5.51. The maximum Gasteiger partial charge on any atom is 0.122 e. The van der Waals surface area contributed by atoms with E-state index in [4.69, 9.17) is 10.5 Å². The van der Waals surface area contributed by atoms with Gasteiger partial charge >= 0.3 is 0 Å². The van der Waals surface area contributed by atoms with Crippen molar-refractivity contribution in [1.29, 1.82) is 0 Å². The van der Waals surface area contributed by atoms with Gasteiger partial charge in [-0.3, -0.25) is 0 Å². The second-order valence-corrected chi connectivity index (χ2v) is 5.08. The highest BCUT2D eigenvalue weighted by Crippen LogP contribution is 2.25. The lowest BCUT2D eigenvalue weighted by atomic mass is 10.1. The Morgan fingerprint density at radius 1 is 1.41 bits per heavy atom. The predicted octanol–water partition coefficient (Wildman–Crippen LogP) is 2.76. The first-order valence-electron chi connectivity index (χ1n) is 5.52. The predicted molar refractivity (Wildman–Crippen MR) is 70.5 cm³/mol. The van der Waals surface area contributed by atoms with Gasteiger partial charge in [-0.05, 0) is 13.0 Å². The minimum Gasteiger partial charge on any atom is -0.496 e. The Morgan fingerprint density at radius 2 is 2.18 bits per heavy atom. The smallest absolute Gasteiger partial charge is 0.122 e. The molecule has 0 aliphatic rings. The molecule has 0 saturated heterocycles. The van der Waals surface area contributed by atoms with Crippen molar-refractivity contribution in [3.63, 3.8) is 0 Å². The fraction of sp³-hybridized carbons (Fsp3) is 0.308. The molecule has 0 bridgehead atoms. The van der Waals surface area contributed by atoms with Crippen molar-refractivity contribution in [2.45, 2.75) is 19.4 Å². The molecular formula is C13H16N2OS. The van der Waals surface area contributed by atoms with Crippen LogP contribution in [0.2, 0.25) is 0 Å². The van der Waals surface area contributed by atoms with Crippen LogP contribution < -0.4 is 10.5 Å². The first-order valence-corrected chi connectivity index (χ1v) is 6.34. The molecule has 2 N–H and O–H groups in total. The average molecular weight is 248 g/mol. The third kappa shape index (κ3) is 2.84. The Bertz CT molecular complexity index is 494. The van der Waals surface area contributed by atoms with Crippen LogP contribution in [0.25, 0.3) is 0 Å². The number of ether oxygens (including phenoxy) is 1. The second kappa shape index (κ2) is 5.29. The van der Waals surface area contributed by atoms with Crippen LogP contribution in [0.15, 0.2) is 30.5 Å². The van der Waals surface area contributed by atoms with Gasteiger partial charge in [0, 0.05) is 29.1 Å². The number of aromatic nitrogens is 1. The molecule has 4 heteroatoms. The van der Waals surface area contributed by atoms with E-state index in [0.29, 0.717) is 0 Å². The van der Waals surface area contributed by atoms with Crippen molar-refractivity contribution in [2.24, 2.45) is 5.73 Å². The summed E-state index contributed by atoms with van der Waals surface area (Å²) in [5.41, 5.74) is 6.98. The Balaban J connectivity index is 2.19. The summed E-state index contributed by atoms with van der Waals surface area (Å²) in [5.74, 6) is 0.907. The number of methoxy groups -OCH3 is 1. The number of thiazole rings is 1. The molecule has 1 heterocycles. The second-order valence-electron chi connectivity index (χ2n) is 3.93. The largest absolute Gasteiger partial charge is 0.496 e. The summed E-state index contributed by atoms with van der Waals surface area (Å²) in [6.07, 6.45) is 2.65. The van der Waals surface area contributed by atoms with Gasteiger partial charge in [0.1, 0.15) is 5.75 Å². The molecule has 0 fully saturated rings. The maximum atomic E-state index is 5.82. The molecule has 1 aromatic carbocycles. The van der Waals surface area contributed by atoms with E-state index in [1.54, 1.807) is 18.4 Å². The SMILES string of the molecule is COc1ccccc1Cc1ncc(C(C)N)s1. The number of hydrogen-bond acceptors (Lipinski definition) is 4. The van der Waals surface area contributed by atoms with Crippen LogP contribution >= 0.6 is 11.3 Å². The van der Waals surface area contributed by atoms with Crippen LogP contribution in [0.4, 0.5) is 0 Å². The monoisotopic (exact) mass is 248 g/mol. The highest BCUT2D eigenvalue weighted by atomic mass is 32.1. The number of nitrogens with zero attached hydrogens (tertiary/aromatic N) is 1. The van der Waals surface area contributed by atoms with Gasteiger partial charge in [-0.2, -0.15) is 0 Å². The van der Waals surface area contributed by atoms with Gasteiger partial charge in [0.2, 0.25) is 0 Å². The molecule has 0 amide bonds. The summed E-state index contributed by atoms with van der Waals surface area (Å²) >= 11 is 1.66. The third-order valence-corrected chi connectivity index (χ3v) is 3.75. The molecule has 0 aliphatic carbocycles. The molecule has 0 saturated carbocycles. The van der Waals surface area contributed by atoms with Crippen molar-refractivity contribution in [1.82, 2.24) is 4.98 Å². The van der Waals surface area contributed by atoms with E-state index in [2.05, 4.69) is 11.1 Å². The van der Waals surface area contributed by atoms with Gasteiger partial charge in [-0.1, -0.05) is 18.2 Å².